The largest absolute Gasteiger partial charge is 0.454 e. The second-order valence-electron chi connectivity index (χ2n) is 4.94. The summed E-state index contributed by atoms with van der Waals surface area (Å²) in [5, 5.41) is 10.0. The lowest BCUT2D eigenvalue weighted by molar-refractivity contribution is 0.0336. The van der Waals surface area contributed by atoms with Crippen LogP contribution in [0, 0.1) is 5.92 Å². The zero-order valence-electron chi connectivity index (χ0n) is 10.3. The molecule has 0 aromatic heterocycles. The minimum atomic E-state index is -0.598. The maximum absolute atomic E-state index is 10.0. The van der Waals surface area contributed by atoms with Crippen molar-refractivity contribution in [3.8, 4) is 11.5 Å². The third-order valence-electron chi connectivity index (χ3n) is 3.42. The van der Waals surface area contributed by atoms with Gasteiger partial charge in [-0.1, -0.05) is 18.9 Å². The summed E-state index contributed by atoms with van der Waals surface area (Å²) in [5.41, 5.74) is 0.811. The van der Waals surface area contributed by atoms with E-state index in [1.54, 1.807) is 0 Å². The number of hydrogen-bond acceptors (Lipinski definition) is 4. The summed E-state index contributed by atoms with van der Waals surface area (Å²) in [7, 11) is 0. The third kappa shape index (κ3) is 2.76. The van der Waals surface area contributed by atoms with Crippen molar-refractivity contribution in [2.24, 2.45) is 5.92 Å². The summed E-state index contributed by atoms with van der Waals surface area (Å²) in [6.45, 7) is 1.34. The first-order valence-corrected chi connectivity index (χ1v) is 6.48. The molecular weight excluding hydrogens is 232 g/mol. The Hall–Kier alpha value is -1.26. The predicted octanol–water partition coefficient (Wildman–Crippen LogP) is 2.27. The van der Waals surface area contributed by atoms with E-state index >= 15 is 0 Å². The molecule has 1 aliphatic carbocycles. The fourth-order valence-corrected chi connectivity index (χ4v) is 2.07. The highest BCUT2D eigenvalue weighted by Crippen LogP contribution is 2.34. The first-order valence-electron chi connectivity index (χ1n) is 6.48. The highest BCUT2D eigenvalue weighted by Gasteiger charge is 2.21. The average molecular weight is 250 g/mol. The van der Waals surface area contributed by atoms with Crippen molar-refractivity contribution in [2.75, 3.05) is 20.0 Å². The number of rotatable bonds is 6. The quantitative estimate of drug-likeness (QED) is 0.787. The van der Waals surface area contributed by atoms with Crippen molar-refractivity contribution < 1.29 is 19.3 Å². The Morgan fingerprint density at radius 3 is 2.94 bits per heavy atom. The zero-order chi connectivity index (χ0) is 12.4. The van der Waals surface area contributed by atoms with Crippen LogP contribution in [0.4, 0.5) is 0 Å². The predicted molar refractivity (Wildman–Crippen MR) is 65.7 cm³/mol. The van der Waals surface area contributed by atoms with Gasteiger partial charge >= 0.3 is 0 Å². The van der Waals surface area contributed by atoms with Gasteiger partial charge in [0, 0.05) is 6.61 Å². The van der Waals surface area contributed by atoms with Gasteiger partial charge in [-0.15, -0.1) is 0 Å². The van der Waals surface area contributed by atoms with E-state index in [9.17, 15) is 5.11 Å². The van der Waals surface area contributed by atoms with E-state index in [2.05, 4.69) is 0 Å². The van der Waals surface area contributed by atoms with Crippen LogP contribution >= 0.6 is 0 Å². The average Bonchev–Trinajstić information content (AvgIpc) is 3.09. The van der Waals surface area contributed by atoms with E-state index in [1.165, 1.54) is 12.8 Å². The lowest BCUT2D eigenvalue weighted by Gasteiger charge is -2.12. The van der Waals surface area contributed by atoms with Gasteiger partial charge in [0.05, 0.1) is 6.61 Å². The summed E-state index contributed by atoms with van der Waals surface area (Å²) >= 11 is 0. The van der Waals surface area contributed by atoms with E-state index < -0.39 is 6.10 Å². The minimum absolute atomic E-state index is 0.257. The summed E-state index contributed by atoms with van der Waals surface area (Å²) in [4.78, 5) is 0. The lowest BCUT2D eigenvalue weighted by atomic mass is 10.1. The molecule has 0 saturated heterocycles. The van der Waals surface area contributed by atoms with Crippen molar-refractivity contribution in [3.05, 3.63) is 23.8 Å². The van der Waals surface area contributed by atoms with E-state index in [0.29, 0.717) is 12.4 Å². The molecule has 0 radical (unpaired) electrons. The molecule has 2 aliphatic rings. The molecule has 1 heterocycles. The number of aliphatic hydroxyl groups excluding tert-OH is 1. The van der Waals surface area contributed by atoms with Crippen molar-refractivity contribution >= 4 is 0 Å². The van der Waals surface area contributed by atoms with E-state index in [1.807, 2.05) is 18.2 Å². The SMILES string of the molecule is OC(COCCC1CC1)c1ccc2c(c1)OCO2. The van der Waals surface area contributed by atoms with Gasteiger partial charge < -0.3 is 19.3 Å². The maximum atomic E-state index is 10.0. The Morgan fingerprint density at radius 2 is 2.11 bits per heavy atom. The molecule has 4 heteroatoms. The van der Waals surface area contributed by atoms with Crippen LogP contribution in [0.25, 0.3) is 0 Å². The van der Waals surface area contributed by atoms with Crippen LogP contribution in [0.15, 0.2) is 18.2 Å². The molecule has 1 aliphatic heterocycles. The van der Waals surface area contributed by atoms with E-state index in [-0.39, 0.29) is 6.79 Å². The molecule has 1 atom stereocenters. The van der Waals surface area contributed by atoms with Crippen molar-refractivity contribution in [2.45, 2.75) is 25.4 Å². The monoisotopic (exact) mass is 250 g/mol. The van der Waals surface area contributed by atoms with E-state index in [4.69, 9.17) is 14.2 Å². The van der Waals surface area contributed by atoms with Gasteiger partial charge in [-0.05, 0) is 30.0 Å². The second kappa shape index (κ2) is 5.16. The van der Waals surface area contributed by atoms with Crippen LogP contribution in [0.5, 0.6) is 11.5 Å². The van der Waals surface area contributed by atoms with Gasteiger partial charge in [-0.2, -0.15) is 0 Å². The summed E-state index contributed by atoms with van der Waals surface area (Å²) in [6, 6.07) is 5.49. The molecule has 0 bridgehead atoms. The van der Waals surface area contributed by atoms with Gasteiger partial charge in [0.25, 0.3) is 0 Å². The van der Waals surface area contributed by atoms with Gasteiger partial charge in [-0.3, -0.25) is 0 Å². The molecule has 4 nitrogen and oxygen atoms in total. The molecule has 1 unspecified atom stereocenters. The zero-order valence-corrected chi connectivity index (χ0v) is 10.3. The van der Waals surface area contributed by atoms with Gasteiger partial charge in [-0.25, -0.2) is 0 Å². The Morgan fingerprint density at radius 1 is 1.28 bits per heavy atom. The normalized spacial score (nSPS) is 18.9. The Bertz CT molecular complexity index is 414. The van der Waals surface area contributed by atoms with Gasteiger partial charge in [0.2, 0.25) is 6.79 Å². The first kappa shape index (κ1) is 11.8. The van der Waals surface area contributed by atoms with Crippen molar-refractivity contribution in [1.82, 2.24) is 0 Å². The number of benzene rings is 1. The van der Waals surface area contributed by atoms with Crippen LogP contribution in [0.1, 0.15) is 30.9 Å². The molecule has 1 aromatic carbocycles. The van der Waals surface area contributed by atoms with Crippen LogP contribution in [-0.2, 0) is 4.74 Å². The molecule has 98 valence electrons. The van der Waals surface area contributed by atoms with E-state index in [0.717, 1.165) is 30.3 Å². The van der Waals surface area contributed by atoms with Crippen LogP contribution in [-0.4, -0.2) is 25.1 Å². The fraction of sp³-hybridized carbons (Fsp3) is 0.571. The molecule has 18 heavy (non-hydrogen) atoms. The minimum Gasteiger partial charge on any atom is -0.454 e. The Labute approximate surface area is 106 Å². The number of fused-ring (bicyclic) bond motifs is 1. The molecule has 1 N–H and O–H groups in total. The maximum Gasteiger partial charge on any atom is 0.231 e. The molecule has 3 rings (SSSR count). The summed E-state index contributed by atoms with van der Waals surface area (Å²) < 4.78 is 16.0. The smallest absolute Gasteiger partial charge is 0.231 e. The van der Waals surface area contributed by atoms with Crippen molar-refractivity contribution in [3.63, 3.8) is 0 Å². The molecule has 1 fully saturated rings. The Balaban J connectivity index is 1.49. The van der Waals surface area contributed by atoms with Crippen molar-refractivity contribution in [1.29, 1.82) is 0 Å². The van der Waals surface area contributed by atoms with Crippen LogP contribution < -0.4 is 9.47 Å². The van der Waals surface area contributed by atoms with Crippen LogP contribution in [0.2, 0.25) is 0 Å². The third-order valence-corrected chi connectivity index (χ3v) is 3.42. The first-order chi connectivity index (χ1) is 8.83. The topological polar surface area (TPSA) is 47.9 Å². The molecule has 0 amide bonds. The molecule has 0 spiro atoms. The number of ether oxygens (including phenoxy) is 3. The highest BCUT2D eigenvalue weighted by molar-refractivity contribution is 5.45. The van der Waals surface area contributed by atoms with Gasteiger partial charge in [0.15, 0.2) is 11.5 Å². The van der Waals surface area contributed by atoms with Crippen LogP contribution in [0.3, 0.4) is 0 Å². The number of hydrogen-bond donors (Lipinski definition) is 1. The van der Waals surface area contributed by atoms with Gasteiger partial charge in [0.1, 0.15) is 6.10 Å². The Kier molecular flexibility index (Phi) is 3.39. The standard InChI is InChI=1S/C14H18O4/c15-12(8-16-6-5-10-1-2-10)11-3-4-13-14(7-11)18-9-17-13/h3-4,7,10,12,15H,1-2,5-6,8-9H2. The summed E-state index contributed by atoms with van der Waals surface area (Å²) in [5.74, 6) is 2.30. The fourth-order valence-electron chi connectivity index (χ4n) is 2.07. The highest BCUT2D eigenvalue weighted by atomic mass is 16.7. The molecule has 1 aromatic rings. The number of aliphatic hydroxyl groups is 1. The lowest BCUT2D eigenvalue weighted by Crippen LogP contribution is -2.08. The molecular formula is C14H18O4. The summed E-state index contributed by atoms with van der Waals surface area (Å²) in [6.07, 6.45) is 3.20. The second-order valence-corrected chi connectivity index (χ2v) is 4.94. The molecule has 1 saturated carbocycles.